The van der Waals surface area contributed by atoms with Crippen LogP contribution in [0.15, 0.2) is 0 Å². The highest BCUT2D eigenvalue weighted by atomic mass is 16.2. The average Bonchev–Trinajstić information content (AvgIpc) is 3.32. The maximum atomic E-state index is 12.7. The van der Waals surface area contributed by atoms with Crippen molar-refractivity contribution in [2.24, 2.45) is 0 Å². The summed E-state index contributed by atoms with van der Waals surface area (Å²) in [5.41, 5.74) is 0. The van der Waals surface area contributed by atoms with Crippen molar-refractivity contribution in [3.05, 3.63) is 0 Å². The fraction of sp³-hybridized carbons (Fsp3) is 0.941. The minimum atomic E-state index is 0.366. The van der Waals surface area contributed by atoms with Crippen molar-refractivity contribution in [2.75, 3.05) is 26.2 Å². The molecule has 4 nitrogen and oxygen atoms in total. The predicted molar refractivity (Wildman–Crippen MR) is 85.3 cm³/mol. The van der Waals surface area contributed by atoms with Gasteiger partial charge in [0.2, 0.25) is 5.91 Å². The second-order valence-corrected chi connectivity index (χ2v) is 7.24. The first-order valence-electron chi connectivity index (χ1n) is 9.01. The minimum Gasteiger partial charge on any atom is -0.339 e. The topological polar surface area (TPSA) is 35.6 Å². The number of hydrogen-bond donors (Lipinski definition) is 1. The van der Waals surface area contributed by atoms with Gasteiger partial charge in [0.1, 0.15) is 0 Å². The van der Waals surface area contributed by atoms with E-state index in [1.165, 1.54) is 51.4 Å². The Bertz CT molecular complexity index is 350. The van der Waals surface area contributed by atoms with Crippen LogP contribution in [0.4, 0.5) is 0 Å². The summed E-state index contributed by atoms with van der Waals surface area (Å²) in [4.78, 5) is 17.3. The second kappa shape index (κ2) is 7.10. The van der Waals surface area contributed by atoms with E-state index < -0.39 is 0 Å². The van der Waals surface area contributed by atoms with Gasteiger partial charge in [0.25, 0.3) is 0 Å². The summed E-state index contributed by atoms with van der Waals surface area (Å²) in [6, 6.07) is 1.73. The Labute approximate surface area is 129 Å². The molecule has 0 aromatic carbocycles. The SMILES string of the molecule is CC1CCCCN1C(=O)CN(CC1CCCCN1)C1CC1. The number of amides is 1. The molecule has 0 aromatic heterocycles. The van der Waals surface area contributed by atoms with Crippen molar-refractivity contribution < 1.29 is 4.79 Å². The minimum absolute atomic E-state index is 0.366. The second-order valence-electron chi connectivity index (χ2n) is 7.24. The van der Waals surface area contributed by atoms with Crippen LogP contribution in [-0.4, -0.2) is 60.0 Å². The molecule has 3 fully saturated rings. The molecule has 0 radical (unpaired) electrons. The van der Waals surface area contributed by atoms with Crippen LogP contribution in [-0.2, 0) is 4.79 Å². The van der Waals surface area contributed by atoms with Gasteiger partial charge in [-0.25, -0.2) is 0 Å². The summed E-state index contributed by atoms with van der Waals surface area (Å²) >= 11 is 0. The lowest BCUT2D eigenvalue weighted by molar-refractivity contribution is -0.135. The molecule has 3 aliphatic rings. The first kappa shape index (κ1) is 15.3. The fourth-order valence-electron chi connectivity index (χ4n) is 3.88. The molecule has 2 aliphatic heterocycles. The summed E-state index contributed by atoms with van der Waals surface area (Å²) in [6.45, 7) is 6.05. The monoisotopic (exact) mass is 293 g/mol. The van der Waals surface area contributed by atoms with E-state index in [2.05, 4.69) is 22.0 Å². The Morgan fingerprint density at radius 3 is 2.62 bits per heavy atom. The summed E-state index contributed by atoms with van der Waals surface area (Å²) < 4.78 is 0. The third kappa shape index (κ3) is 4.19. The van der Waals surface area contributed by atoms with Crippen molar-refractivity contribution in [3.8, 4) is 0 Å². The standard InChI is InChI=1S/C17H31N3O/c1-14-6-3-5-11-20(14)17(21)13-19(16-8-9-16)12-15-7-2-4-10-18-15/h14-16,18H,2-13H2,1H3. The molecule has 21 heavy (non-hydrogen) atoms. The molecule has 0 aromatic rings. The van der Waals surface area contributed by atoms with Gasteiger partial charge in [-0.1, -0.05) is 6.42 Å². The lowest BCUT2D eigenvalue weighted by atomic mass is 10.0. The molecule has 2 saturated heterocycles. The summed E-state index contributed by atoms with van der Waals surface area (Å²) in [5.74, 6) is 0.366. The Kier molecular flexibility index (Phi) is 5.17. The van der Waals surface area contributed by atoms with Crippen LogP contribution < -0.4 is 5.32 Å². The van der Waals surface area contributed by atoms with E-state index in [4.69, 9.17) is 0 Å². The lowest BCUT2D eigenvalue weighted by Crippen LogP contribution is -2.50. The van der Waals surface area contributed by atoms with Gasteiger partial charge in [0.15, 0.2) is 0 Å². The molecule has 3 rings (SSSR count). The van der Waals surface area contributed by atoms with Crippen molar-refractivity contribution in [1.82, 2.24) is 15.1 Å². The number of piperidine rings is 2. The number of rotatable bonds is 5. The van der Waals surface area contributed by atoms with Crippen LogP contribution in [0, 0.1) is 0 Å². The van der Waals surface area contributed by atoms with E-state index in [1.54, 1.807) is 0 Å². The van der Waals surface area contributed by atoms with Crippen molar-refractivity contribution in [2.45, 2.75) is 76.4 Å². The molecule has 2 heterocycles. The molecule has 2 unspecified atom stereocenters. The largest absolute Gasteiger partial charge is 0.339 e. The highest BCUT2D eigenvalue weighted by Crippen LogP contribution is 2.28. The van der Waals surface area contributed by atoms with Crippen LogP contribution in [0.25, 0.3) is 0 Å². The molecule has 1 amide bonds. The van der Waals surface area contributed by atoms with Crippen LogP contribution >= 0.6 is 0 Å². The van der Waals surface area contributed by atoms with Crippen molar-refractivity contribution in [1.29, 1.82) is 0 Å². The zero-order valence-electron chi connectivity index (χ0n) is 13.5. The van der Waals surface area contributed by atoms with Gasteiger partial charge < -0.3 is 10.2 Å². The molecule has 4 heteroatoms. The zero-order chi connectivity index (χ0) is 14.7. The third-order valence-electron chi connectivity index (χ3n) is 5.39. The Morgan fingerprint density at radius 2 is 1.95 bits per heavy atom. The highest BCUT2D eigenvalue weighted by Gasteiger charge is 2.34. The number of nitrogens with one attached hydrogen (secondary N) is 1. The molecule has 1 aliphatic carbocycles. The first-order valence-corrected chi connectivity index (χ1v) is 9.01. The molecule has 1 saturated carbocycles. The number of hydrogen-bond acceptors (Lipinski definition) is 3. The molecule has 120 valence electrons. The van der Waals surface area contributed by atoms with E-state index in [1.807, 2.05) is 0 Å². The maximum absolute atomic E-state index is 12.7. The summed E-state index contributed by atoms with van der Waals surface area (Å²) in [7, 11) is 0. The Balaban J connectivity index is 1.53. The van der Waals surface area contributed by atoms with Crippen LogP contribution in [0.1, 0.15) is 58.3 Å². The predicted octanol–water partition coefficient (Wildman–Crippen LogP) is 1.99. The molecular weight excluding hydrogens is 262 g/mol. The zero-order valence-corrected chi connectivity index (χ0v) is 13.5. The number of likely N-dealkylation sites (tertiary alicyclic amines) is 1. The number of carbonyl (C=O) groups excluding carboxylic acids is 1. The lowest BCUT2D eigenvalue weighted by Gasteiger charge is -2.36. The molecule has 2 atom stereocenters. The number of nitrogens with zero attached hydrogens (tertiary/aromatic N) is 2. The fourth-order valence-corrected chi connectivity index (χ4v) is 3.88. The quantitative estimate of drug-likeness (QED) is 0.842. The van der Waals surface area contributed by atoms with Gasteiger partial charge >= 0.3 is 0 Å². The van der Waals surface area contributed by atoms with Gasteiger partial charge in [0.05, 0.1) is 6.54 Å². The maximum Gasteiger partial charge on any atom is 0.236 e. The smallest absolute Gasteiger partial charge is 0.236 e. The summed E-state index contributed by atoms with van der Waals surface area (Å²) in [6.07, 6.45) is 10.1. The normalized spacial score (nSPS) is 30.7. The van der Waals surface area contributed by atoms with E-state index in [0.29, 0.717) is 30.6 Å². The molecule has 0 bridgehead atoms. The van der Waals surface area contributed by atoms with E-state index >= 15 is 0 Å². The van der Waals surface area contributed by atoms with E-state index in [-0.39, 0.29) is 0 Å². The van der Waals surface area contributed by atoms with Gasteiger partial charge in [-0.05, 0) is 58.4 Å². The van der Waals surface area contributed by atoms with E-state index in [0.717, 1.165) is 19.6 Å². The average molecular weight is 293 g/mol. The van der Waals surface area contributed by atoms with Gasteiger partial charge in [-0.2, -0.15) is 0 Å². The van der Waals surface area contributed by atoms with Gasteiger partial charge in [-0.15, -0.1) is 0 Å². The molecule has 1 N–H and O–H groups in total. The number of carbonyl (C=O) groups is 1. The molecule has 0 spiro atoms. The van der Waals surface area contributed by atoms with E-state index in [9.17, 15) is 4.79 Å². The molecular formula is C17H31N3O. The Hall–Kier alpha value is -0.610. The highest BCUT2D eigenvalue weighted by molar-refractivity contribution is 5.78. The van der Waals surface area contributed by atoms with Gasteiger partial charge in [0, 0.05) is 31.2 Å². The van der Waals surface area contributed by atoms with Crippen molar-refractivity contribution >= 4 is 5.91 Å². The van der Waals surface area contributed by atoms with Crippen molar-refractivity contribution in [3.63, 3.8) is 0 Å². The third-order valence-corrected chi connectivity index (χ3v) is 5.39. The van der Waals surface area contributed by atoms with Crippen LogP contribution in [0.5, 0.6) is 0 Å². The first-order chi connectivity index (χ1) is 10.2. The Morgan fingerprint density at radius 1 is 1.14 bits per heavy atom. The summed E-state index contributed by atoms with van der Waals surface area (Å²) in [5, 5.41) is 3.63. The van der Waals surface area contributed by atoms with Crippen LogP contribution in [0.3, 0.4) is 0 Å². The van der Waals surface area contributed by atoms with Gasteiger partial charge in [-0.3, -0.25) is 9.69 Å². The van der Waals surface area contributed by atoms with Crippen LogP contribution in [0.2, 0.25) is 0 Å².